The number of likely N-dealkylation sites (tertiary alicyclic amines) is 1. The van der Waals surface area contributed by atoms with Crippen molar-refractivity contribution >= 4 is 12.0 Å². The van der Waals surface area contributed by atoms with Crippen LogP contribution >= 0.6 is 0 Å². The van der Waals surface area contributed by atoms with Gasteiger partial charge in [0.05, 0.1) is 5.41 Å². The van der Waals surface area contributed by atoms with E-state index in [1.165, 1.54) is 0 Å². The number of hydrogen-bond acceptors (Lipinski definition) is 3. The Hall–Kier alpha value is -1.30. The van der Waals surface area contributed by atoms with Gasteiger partial charge in [-0.05, 0) is 25.7 Å². The van der Waals surface area contributed by atoms with Crippen molar-refractivity contribution in [1.82, 2.24) is 10.2 Å². The van der Waals surface area contributed by atoms with Crippen LogP contribution in [0.1, 0.15) is 32.6 Å². The van der Waals surface area contributed by atoms with E-state index >= 15 is 0 Å². The second kappa shape index (κ2) is 7.33. The van der Waals surface area contributed by atoms with E-state index in [-0.39, 0.29) is 6.03 Å². The van der Waals surface area contributed by atoms with E-state index < -0.39 is 11.4 Å². The molecule has 2 N–H and O–H groups in total. The fourth-order valence-electron chi connectivity index (χ4n) is 2.38. The average molecular weight is 272 g/mol. The largest absolute Gasteiger partial charge is 0.481 e. The predicted octanol–water partition coefficient (Wildman–Crippen LogP) is 1.31. The summed E-state index contributed by atoms with van der Waals surface area (Å²) in [4.78, 5) is 24.8. The number of carbonyl (C=O) groups excluding carboxylic acids is 1. The Bertz CT molecular complexity index is 312. The lowest BCUT2D eigenvalue weighted by atomic mass is 9.76. The van der Waals surface area contributed by atoms with Crippen LogP contribution in [0.3, 0.4) is 0 Å². The first-order valence-electron chi connectivity index (χ1n) is 6.81. The lowest BCUT2D eigenvalue weighted by molar-refractivity contribution is -0.151. The molecule has 1 aliphatic heterocycles. The first kappa shape index (κ1) is 15.8. The van der Waals surface area contributed by atoms with Crippen molar-refractivity contribution in [3.63, 3.8) is 0 Å². The average Bonchev–Trinajstić information content (AvgIpc) is 2.43. The summed E-state index contributed by atoms with van der Waals surface area (Å²) < 4.78 is 4.91. The van der Waals surface area contributed by atoms with E-state index in [4.69, 9.17) is 4.74 Å². The van der Waals surface area contributed by atoms with Gasteiger partial charge >= 0.3 is 12.0 Å². The molecule has 0 aromatic carbocycles. The summed E-state index contributed by atoms with van der Waals surface area (Å²) in [7, 11) is 1.63. The summed E-state index contributed by atoms with van der Waals surface area (Å²) in [6, 6.07) is -0.105. The SMILES string of the molecule is CCC1(C(=O)O)CCN(C(=O)NCCCOC)CC1. The second-order valence-electron chi connectivity index (χ2n) is 5.00. The molecule has 0 atom stereocenters. The van der Waals surface area contributed by atoms with Crippen molar-refractivity contribution in [1.29, 1.82) is 0 Å². The van der Waals surface area contributed by atoms with Crippen molar-refractivity contribution in [3.8, 4) is 0 Å². The number of piperidine rings is 1. The van der Waals surface area contributed by atoms with Crippen molar-refractivity contribution in [3.05, 3.63) is 0 Å². The molecule has 2 amide bonds. The van der Waals surface area contributed by atoms with Crippen LogP contribution in [-0.4, -0.2) is 55.4 Å². The van der Waals surface area contributed by atoms with E-state index in [9.17, 15) is 14.7 Å². The van der Waals surface area contributed by atoms with E-state index in [2.05, 4.69) is 5.32 Å². The van der Waals surface area contributed by atoms with Crippen molar-refractivity contribution in [2.24, 2.45) is 5.41 Å². The van der Waals surface area contributed by atoms with Crippen LogP contribution in [-0.2, 0) is 9.53 Å². The molecule has 6 nitrogen and oxygen atoms in total. The van der Waals surface area contributed by atoms with Crippen LogP contribution in [0.5, 0.6) is 0 Å². The molecule has 0 aliphatic carbocycles. The third kappa shape index (κ3) is 4.09. The molecule has 6 heteroatoms. The van der Waals surface area contributed by atoms with Gasteiger partial charge < -0.3 is 20.1 Å². The van der Waals surface area contributed by atoms with Crippen LogP contribution < -0.4 is 5.32 Å². The molecule has 0 bridgehead atoms. The fourth-order valence-corrected chi connectivity index (χ4v) is 2.38. The normalized spacial score (nSPS) is 18.1. The molecule has 0 radical (unpaired) electrons. The quantitative estimate of drug-likeness (QED) is 0.715. The lowest BCUT2D eigenvalue weighted by Crippen LogP contribution is -2.49. The highest BCUT2D eigenvalue weighted by atomic mass is 16.5. The number of rotatable bonds is 6. The molecule has 1 saturated heterocycles. The minimum atomic E-state index is -0.741. The summed E-state index contributed by atoms with van der Waals surface area (Å²) in [5, 5.41) is 12.1. The minimum Gasteiger partial charge on any atom is -0.481 e. The Labute approximate surface area is 114 Å². The van der Waals surface area contributed by atoms with E-state index in [1.807, 2.05) is 6.92 Å². The molecule has 0 spiro atoms. The molecular weight excluding hydrogens is 248 g/mol. The van der Waals surface area contributed by atoms with Gasteiger partial charge in [-0.1, -0.05) is 6.92 Å². The topological polar surface area (TPSA) is 78.9 Å². The van der Waals surface area contributed by atoms with Gasteiger partial charge in [0.1, 0.15) is 0 Å². The van der Waals surface area contributed by atoms with Gasteiger partial charge in [0, 0.05) is 33.4 Å². The van der Waals surface area contributed by atoms with Gasteiger partial charge in [-0.15, -0.1) is 0 Å². The zero-order valence-electron chi connectivity index (χ0n) is 11.8. The van der Waals surface area contributed by atoms with Crippen LogP contribution in [0.2, 0.25) is 0 Å². The molecule has 1 rings (SSSR count). The summed E-state index contributed by atoms with van der Waals surface area (Å²) in [6.45, 7) is 4.13. The van der Waals surface area contributed by atoms with Gasteiger partial charge in [0.15, 0.2) is 0 Å². The zero-order chi connectivity index (χ0) is 14.3. The highest BCUT2D eigenvalue weighted by molar-refractivity contribution is 5.77. The summed E-state index contributed by atoms with van der Waals surface area (Å²) >= 11 is 0. The monoisotopic (exact) mass is 272 g/mol. The number of aliphatic carboxylic acids is 1. The highest BCUT2D eigenvalue weighted by Gasteiger charge is 2.40. The molecule has 19 heavy (non-hydrogen) atoms. The molecule has 0 unspecified atom stereocenters. The molecule has 110 valence electrons. The molecule has 1 aliphatic rings. The van der Waals surface area contributed by atoms with Gasteiger partial charge in [-0.25, -0.2) is 4.79 Å². The highest BCUT2D eigenvalue weighted by Crippen LogP contribution is 2.35. The first-order chi connectivity index (χ1) is 9.05. The Morgan fingerprint density at radius 2 is 2.00 bits per heavy atom. The molecule has 0 saturated carbocycles. The lowest BCUT2D eigenvalue weighted by Gasteiger charge is -2.38. The number of amides is 2. The Morgan fingerprint density at radius 3 is 2.47 bits per heavy atom. The molecule has 0 aromatic rings. The number of nitrogens with one attached hydrogen (secondary N) is 1. The maximum atomic E-state index is 11.9. The maximum Gasteiger partial charge on any atom is 0.317 e. The summed E-state index contributed by atoms with van der Waals surface area (Å²) in [5.41, 5.74) is -0.646. The zero-order valence-corrected chi connectivity index (χ0v) is 11.8. The standard InChI is InChI=1S/C13H24N2O4/c1-3-13(11(16)17)5-8-15(9-6-13)12(18)14-7-4-10-19-2/h3-10H2,1-2H3,(H,14,18)(H,16,17). The van der Waals surface area contributed by atoms with Crippen LogP contribution in [0, 0.1) is 5.41 Å². The molecular formula is C13H24N2O4. The van der Waals surface area contributed by atoms with Crippen molar-refractivity contribution in [2.45, 2.75) is 32.6 Å². The minimum absolute atomic E-state index is 0.105. The Morgan fingerprint density at radius 1 is 1.37 bits per heavy atom. The second-order valence-corrected chi connectivity index (χ2v) is 5.00. The van der Waals surface area contributed by atoms with E-state index in [1.54, 1.807) is 12.0 Å². The van der Waals surface area contributed by atoms with Gasteiger partial charge in [-0.2, -0.15) is 0 Å². The number of nitrogens with zero attached hydrogens (tertiary/aromatic N) is 1. The van der Waals surface area contributed by atoms with Crippen LogP contribution in [0.25, 0.3) is 0 Å². The number of hydrogen-bond donors (Lipinski definition) is 2. The van der Waals surface area contributed by atoms with Crippen molar-refractivity contribution in [2.75, 3.05) is 33.4 Å². The number of carboxylic acids is 1. The number of carboxylic acid groups (broad SMARTS) is 1. The Kier molecular flexibility index (Phi) is 6.08. The van der Waals surface area contributed by atoms with Gasteiger partial charge in [0.25, 0.3) is 0 Å². The van der Waals surface area contributed by atoms with Crippen molar-refractivity contribution < 1.29 is 19.4 Å². The maximum absolute atomic E-state index is 11.9. The Balaban J connectivity index is 2.36. The smallest absolute Gasteiger partial charge is 0.317 e. The number of ether oxygens (including phenoxy) is 1. The summed E-state index contributed by atoms with van der Waals surface area (Å²) in [6.07, 6.45) is 2.46. The van der Waals surface area contributed by atoms with Gasteiger partial charge in [-0.3, -0.25) is 4.79 Å². The van der Waals surface area contributed by atoms with Gasteiger partial charge in [0.2, 0.25) is 0 Å². The van der Waals surface area contributed by atoms with Crippen LogP contribution in [0.15, 0.2) is 0 Å². The number of urea groups is 1. The van der Waals surface area contributed by atoms with Crippen LogP contribution in [0.4, 0.5) is 4.79 Å². The first-order valence-corrected chi connectivity index (χ1v) is 6.81. The predicted molar refractivity (Wildman–Crippen MR) is 71.1 cm³/mol. The number of methoxy groups -OCH3 is 1. The molecule has 0 aromatic heterocycles. The third-order valence-electron chi connectivity index (χ3n) is 3.94. The van der Waals surface area contributed by atoms with E-state index in [0.717, 1.165) is 6.42 Å². The fraction of sp³-hybridized carbons (Fsp3) is 0.846. The van der Waals surface area contributed by atoms with E-state index in [0.29, 0.717) is 45.5 Å². The third-order valence-corrected chi connectivity index (χ3v) is 3.94. The summed E-state index contributed by atoms with van der Waals surface area (Å²) in [5.74, 6) is -0.741. The molecule has 1 fully saturated rings. The molecule has 1 heterocycles. The number of carbonyl (C=O) groups is 2.